The van der Waals surface area contributed by atoms with Gasteiger partial charge >= 0.3 is 0 Å². The molecule has 0 aromatic heterocycles. The molecular formula is C4H13N3O2S. The van der Waals surface area contributed by atoms with Crippen LogP contribution in [0.5, 0.6) is 0 Å². The average molecular weight is 167 g/mol. The van der Waals surface area contributed by atoms with Crippen LogP contribution >= 0.6 is 0 Å². The number of likely N-dealkylation sites (N-methyl/N-ethyl adjacent to an activating group) is 1. The first kappa shape index (κ1) is 9.83. The predicted octanol–water partition coefficient (Wildman–Crippen LogP) is -1.61. The molecule has 0 aliphatic rings. The molecule has 0 saturated carbocycles. The minimum atomic E-state index is -3.49. The summed E-state index contributed by atoms with van der Waals surface area (Å²) in [5, 5.41) is 7.59. The van der Waals surface area contributed by atoms with E-state index in [4.69, 9.17) is 0 Å². The van der Waals surface area contributed by atoms with E-state index in [1.54, 1.807) is 0 Å². The molecule has 0 rings (SSSR count). The molecule has 4 N–H and O–H groups in total. The van der Waals surface area contributed by atoms with E-state index in [9.17, 15) is 8.42 Å². The quantitative estimate of drug-likeness (QED) is 0.431. The molecule has 0 aromatic rings. The summed E-state index contributed by atoms with van der Waals surface area (Å²) in [4.78, 5) is 0. The molecule has 0 aliphatic heterocycles. The van der Waals surface area contributed by atoms with E-state index in [-0.39, 0.29) is 0 Å². The van der Waals surface area contributed by atoms with Crippen LogP contribution in [0.1, 0.15) is 6.92 Å². The third kappa shape index (κ3) is 7.83. The van der Waals surface area contributed by atoms with Crippen LogP contribution in [-0.2, 0) is 10.2 Å². The molecule has 0 fully saturated rings. The average Bonchev–Trinajstić information content (AvgIpc) is 1.78. The van der Waals surface area contributed by atoms with Crippen LogP contribution < -0.4 is 15.2 Å². The van der Waals surface area contributed by atoms with Crippen molar-refractivity contribution in [2.75, 3.05) is 19.6 Å². The van der Waals surface area contributed by atoms with Crippen molar-refractivity contribution in [3.05, 3.63) is 0 Å². The summed E-state index contributed by atoms with van der Waals surface area (Å²) in [5.74, 6) is 0. The standard InChI is InChI=1S/C4H13N3O2S/c1-2-6-3-4-7-10(5,8)9/h6-7H,2-4H2,1H3,(H2,5,8,9). The highest BCUT2D eigenvalue weighted by Crippen LogP contribution is 1.64. The van der Waals surface area contributed by atoms with Gasteiger partial charge in [-0.3, -0.25) is 0 Å². The SMILES string of the molecule is CCNCCNS(N)(=O)=O. The molecular weight excluding hydrogens is 154 g/mol. The summed E-state index contributed by atoms with van der Waals surface area (Å²) < 4.78 is 22.6. The highest BCUT2D eigenvalue weighted by atomic mass is 32.2. The van der Waals surface area contributed by atoms with Crippen LogP contribution in [0.3, 0.4) is 0 Å². The Morgan fingerprint density at radius 2 is 2.00 bits per heavy atom. The van der Waals surface area contributed by atoms with E-state index in [2.05, 4.69) is 15.2 Å². The van der Waals surface area contributed by atoms with Crippen molar-refractivity contribution in [1.82, 2.24) is 10.0 Å². The van der Waals surface area contributed by atoms with Gasteiger partial charge in [0, 0.05) is 13.1 Å². The second-order valence-electron chi connectivity index (χ2n) is 1.79. The lowest BCUT2D eigenvalue weighted by Crippen LogP contribution is -2.36. The van der Waals surface area contributed by atoms with Gasteiger partial charge in [-0.2, -0.15) is 8.42 Å². The van der Waals surface area contributed by atoms with Gasteiger partial charge in [-0.25, -0.2) is 9.86 Å². The van der Waals surface area contributed by atoms with E-state index in [0.29, 0.717) is 13.1 Å². The second kappa shape index (κ2) is 4.62. The van der Waals surface area contributed by atoms with Crippen molar-refractivity contribution in [1.29, 1.82) is 0 Å². The van der Waals surface area contributed by atoms with Gasteiger partial charge in [0.15, 0.2) is 0 Å². The summed E-state index contributed by atoms with van der Waals surface area (Å²) >= 11 is 0. The van der Waals surface area contributed by atoms with Crippen LogP contribution in [0, 0.1) is 0 Å². The topological polar surface area (TPSA) is 84.2 Å². The third-order valence-corrected chi connectivity index (χ3v) is 1.46. The van der Waals surface area contributed by atoms with Gasteiger partial charge < -0.3 is 5.32 Å². The van der Waals surface area contributed by atoms with Crippen LogP contribution in [-0.4, -0.2) is 28.1 Å². The summed E-state index contributed by atoms with van der Waals surface area (Å²) in [6.45, 7) is 3.71. The zero-order valence-electron chi connectivity index (χ0n) is 5.92. The fourth-order valence-electron chi connectivity index (χ4n) is 0.458. The lowest BCUT2D eigenvalue weighted by Gasteiger charge is -2.00. The number of nitrogens with one attached hydrogen (secondary N) is 2. The molecule has 10 heavy (non-hydrogen) atoms. The Labute approximate surface area is 61.2 Å². The van der Waals surface area contributed by atoms with Crippen molar-refractivity contribution < 1.29 is 8.42 Å². The third-order valence-electron chi connectivity index (χ3n) is 0.855. The zero-order chi connectivity index (χ0) is 8.04. The van der Waals surface area contributed by atoms with Gasteiger partial charge in [0.2, 0.25) is 0 Å². The Bertz CT molecular complexity index is 165. The minimum absolute atomic E-state index is 0.340. The first-order chi connectivity index (χ1) is 4.56. The normalized spacial score (nSPS) is 11.8. The van der Waals surface area contributed by atoms with Gasteiger partial charge in [-0.15, -0.1) is 0 Å². The van der Waals surface area contributed by atoms with Crippen molar-refractivity contribution in [2.45, 2.75) is 6.92 Å². The Morgan fingerprint density at radius 1 is 1.40 bits per heavy atom. The molecule has 0 amide bonds. The Balaban J connectivity index is 3.21. The molecule has 0 radical (unpaired) electrons. The summed E-state index contributed by atoms with van der Waals surface area (Å²) in [6.07, 6.45) is 0. The van der Waals surface area contributed by atoms with E-state index >= 15 is 0 Å². The van der Waals surface area contributed by atoms with E-state index in [0.717, 1.165) is 6.54 Å². The summed E-state index contributed by atoms with van der Waals surface area (Å²) in [6, 6.07) is 0. The highest BCUT2D eigenvalue weighted by molar-refractivity contribution is 7.87. The lowest BCUT2D eigenvalue weighted by atomic mass is 10.6. The Kier molecular flexibility index (Phi) is 4.54. The fraction of sp³-hybridized carbons (Fsp3) is 1.00. The maximum atomic E-state index is 10.2. The van der Waals surface area contributed by atoms with Crippen LogP contribution in [0.4, 0.5) is 0 Å². The Morgan fingerprint density at radius 3 is 2.40 bits per heavy atom. The van der Waals surface area contributed by atoms with Gasteiger partial charge in [0.05, 0.1) is 0 Å². The van der Waals surface area contributed by atoms with E-state index in [1.165, 1.54) is 0 Å². The number of hydrogen-bond acceptors (Lipinski definition) is 3. The molecule has 0 saturated heterocycles. The second-order valence-corrected chi connectivity index (χ2v) is 3.17. The molecule has 0 heterocycles. The molecule has 5 nitrogen and oxygen atoms in total. The maximum Gasteiger partial charge on any atom is 0.274 e. The first-order valence-corrected chi connectivity index (χ1v) is 4.59. The van der Waals surface area contributed by atoms with E-state index in [1.807, 2.05) is 6.92 Å². The molecule has 0 atom stereocenters. The first-order valence-electron chi connectivity index (χ1n) is 3.04. The largest absolute Gasteiger partial charge is 0.316 e. The zero-order valence-corrected chi connectivity index (χ0v) is 6.74. The van der Waals surface area contributed by atoms with Gasteiger partial charge in [-0.05, 0) is 6.54 Å². The predicted molar refractivity (Wildman–Crippen MR) is 39.7 cm³/mol. The van der Waals surface area contributed by atoms with Crippen LogP contribution in [0.25, 0.3) is 0 Å². The molecule has 6 heteroatoms. The molecule has 0 bridgehead atoms. The van der Waals surface area contributed by atoms with Crippen molar-refractivity contribution >= 4 is 10.2 Å². The minimum Gasteiger partial charge on any atom is -0.316 e. The molecule has 0 spiro atoms. The summed E-state index contributed by atoms with van der Waals surface area (Å²) in [7, 11) is -3.49. The van der Waals surface area contributed by atoms with Crippen LogP contribution in [0.15, 0.2) is 0 Å². The molecule has 0 aromatic carbocycles. The fourth-order valence-corrected chi connectivity index (χ4v) is 0.845. The number of nitrogens with two attached hydrogens (primary N) is 1. The lowest BCUT2D eigenvalue weighted by molar-refractivity contribution is 0.579. The van der Waals surface area contributed by atoms with Gasteiger partial charge in [0.1, 0.15) is 0 Å². The van der Waals surface area contributed by atoms with Crippen molar-refractivity contribution in [2.24, 2.45) is 5.14 Å². The van der Waals surface area contributed by atoms with E-state index < -0.39 is 10.2 Å². The molecule has 62 valence electrons. The smallest absolute Gasteiger partial charge is 0.274 e. The molecule has 0 unspecified atom stereocenters. The summed E-state index contributed by atoms with van der Waals surface area (Å²) in [5.41, 5.74) is 0. The molecule has 0 aliphatic carbocycles. The van der Waals surface area contributed by atoms with Gasteiger partial charge in [-0.1, -0.05) is 6.92 Å². The number of rotatable bonds is 5. The van der Waals surface area contributed by atoms with Crippen LogP contribution in [0.2, 0.25) is 0 Å². The maximum absolute atomic E-state index is 10.2. The highest BCUT2D eigenvalue weighted by Gasteiger charge is 1.96. The Hall–Kier alpha value is -0.170. The monoisotopic (exact) mass is 167 g/mol. The van der Waals surface area contributed by atoms with Gasteiger partial charge in [0.25, 0.3) is 10.2 Å². The van der Waals surface area contributed by atoms with Crippen molar-refractivity contribution in [3.63, 3.8) is 0 Å². The number of hydrogen-bond donors (Lipinski definition) is 3. The van der Waals surface area contributed by atoms with Crippen molar-refractivity contribution in [3.8, 4) is 0 Å².